The van der Waals surface area contributed by atoms with Crippen molar-refractivity contribution in [3.63, 3.8) is 0 Å². The first-order valence-corrected chi connectivity index (χ1v) is 7.17. The molecule has 0 atom stereocenters. The van der Waals surface area contributed by atoms with Gasteiger partial charge < -0.3 is 21.1 Å². The number of carbonyl (C=O) groups excluding carboxylic acids is 1. The molecule has 19 heavy (non-hydrogen) atoms. The topological polar surface area (TPSA) is 137 Å². The maximum absolute atomic E-state index is 11.2. The van der Waals surface area contributed by atoms with Crippen LogP contribution in [0.1, 0.15) is 0 Å². The first-order chi connectivity index (χ1) is 8.85. The Bertz CT molecular complexity index is 614. The highest BCUT2D eigenvalue weighted by atomic mass is 32.2. The van der Waals surface area contributed by atoms with Gasteiger partial charge in [0, 0.05) is 12.6 Å². The number of ether oxygens (including phenoxy) is 1. The molecule has 0 bridgehead atoms. The number of rotatable bonds is 4. The number of hydrogen-bond donors (Lipinski definition) is 4. The van der Waals surface area contributed by atoms with Gasteiger partial charge in [0.15, 0.2) is 6.61 Å². The third-order valence-electron chi connectivity index (χ3n) is 2.49. The second-order valence-corrected chi connectivity index (χ2v) is 5.80. The lowest BCUT2D eigenvalue weighted by atomic mass is 10.2. The van der Waals surface area contributed by atoms with E-state index in [1.807, 2.05) is 0 Å². The number of nitrogens with one attached hydrogen (secondary N) is 2. The largest absolute Gasteiger partial charge is 0.482 e. The highest BCUT2D eigenvalue weighted by molar-refractivity contribution is 7.89. The number of benzene rings is 1. The average Bonchev–Trinajstić information content (AvgIpc) is 2.29. The number of anilines is 3. The quantitative estimate of drug-likeness (QED) is 0.540. The first kappa shape index (κ1) is 13.4. The molecule has 0 radical (unpaired) electrons. The Morgan fingerprint density at radius 2 is 2.16 bits per heavy atom. The van der Waals surface area contributed by atoms with E-state index in [1.54, 1.807) is 12.1 Å². The molecule has 0 saturated carbocycles. The molecule has 1 aromatic carbocycles. The Hall–Kier alpha value is -2.00. The SMILES string of the molecule is Nc1cc2c(cc1NCCS(N)(=O)=O)NC(=O)CO2. The minimum atomic E-state index is -3.53. The van der Waals surface area contributed by atoms with E-state index >= 15 is 0 Å². The average molecular weight is 286 g/mol. The summed E-state index contributed by atoms with van der Waals surface area (Å²) in [5.41, 5.74) is 7.18. The van der Waals surface area contributed by atoms with Crippen LogP contribution in [0.5, 0.6) is 5.75 Å². The second-order valence-electron chi connectivity index (χ2n) is 4.07. The molecule has 1 aromatic rings. The van der Waals surface area contributed by atoms with E-state index in [1.165, 1.54) is 0 Å². The van der Waals surface area contributed by atoms with E-state index in [0.717, 1.165) is 0 Å². The molecule has 9 heteroatoms. The normalized spacial score (nSPS) is 14.3. The van der Waals surface area contributed by atoms with Gasteiger partial charge in [-0.3, -0.25) is 4.79 Å². The summed E-state index contributed by atoms with van der Waals surface area (Å²) in [5, 5.41) is 10.4. The summed E-state index contributed by atoms with van der Waals surface area (Å²) < 4.78 is 26.8. The lowest BCUT2D eigenvalue weighted by Crippen LogP contribution is -2.26. The summed E-state index contributed by atoms with van der Waals surface area (Å²) in [7, 11) is -3.53. The number of primary sulfonamides is 1. The Kier molecular flexibility index (Phi) is 3.49. The van der Waals surface area contributed by atoms with Gasteiger partial charge in [-0.1, -0.05) is 0 Å². The molecule has 1 aliphatic rings. The third-order valence-corrected chi connectivity index (χ3v) is 3.26. The highest BCUT2D eigenvalue weighted by Gasteiger charge is 2.17. The van der Waals surface area contributed by atoms with Gasteiger partial charge in [-0.2, -0.15) is 0 Å². The molecule has 104 valence electrons. The molecular weight excluding hydrogens is 272 g/mol. The Balaban J connectivity index is 2.13. The smallest absolute Gasteiger partial charge is 0.262 e. The molecule has 0 saturated heterocycles. The summed E-state index contributed by atoms with van der Waals surface area (Å²) in [6.45, 7) is 0.0707. The second kappa shape index (κ2) is 4.94. The third kappa shape index (κ3) is 3.48. The van der Waals surface area contributed by atoms with Crippen LogP contribution >= 0.6 is 0 Å². The number of sulfonamides is 1. The molecular formula is C10H14N4O4S. The van der Waals surface area contributed by atoms with E-state index in [4.69, 9.17) is 15.6 Å². The predicted molar refractivity (Wildman–Crippen MR) is 71.4 cm³/mol. The van der Waals surface area contributed by atoms with Gasteiger partial charge in [-0.05, 0) is 6.07 Å². The number of amides is 1. The molecule has 1 heterocycles. The fourth-order valence-corrected chi connectivity index (χ4v) is 2.01. The number of carbonyl (C=O) groups is 1. The molecule has 0 aromatic heterocycles. The van der Waals surface area contributed by atoms with Crippen LogP contribution in [0.2, 0.25) is 0 Å². The van der Waals surface area contributed by atoms with Crippen LogP contribution in [0.3, 0.4) is 0 Å². The zero-order valence-electron chi connectivity index (χ0n) is 9.97. The van der Waals surface area contributed by atoms with Crippen molar-refractivity contribution in [1.82, 2.24) is 0 Å². The monoisotopic (exact) mass is 286 g/mol. The van der Waals surface area contributed by atoms with Gasteiger partial charge in [0.05, 0.1) is 22.8 Å². The molecule has 0 unspecified atom stereocenters. The van der Waals surface area contributed by atoms with Crippen LogP contribution in [0.15, 0.2) is 12.1 Å². The van der Waals surface area contributed by atoms with Gasteiger partial charge in [0.2, 0.25) is 10.0 Å². The number of nitrogens with two attached hydrogens (primary N) is 2. The summed E-state index contributed by atoms with van der Waals surface area (Å²) in [6, 6.07) is 3.15. The Labute approximate surface area is 110 Å². The number of nitrogen functional groups attached to an aromatic ring is 1. The lowest BCUT2D eigenvalue weighted by Gasteiger charge is -2.20. The van der Waals surface area contributed by atoms with E-state index in [0.29, 0.717) is 22.8 Å². The fourth-order valence-electron chi connectivity index (χ4n) is 1.62. The first-order valence-electron chi connectivity index (χ1n) is 5.46. The van der Waals surface area contributed by atoms with E-state index in [2.05, 4.69) is 10.6 Å². The summed E-state index contributed by atoms with van der Waals surface area (Å²) in [6.07, 6.45) is 0. The van der Waals surface area contributed by atoms with Crippen LogP contribution in [0, 0.1) is 0 Å². The van der Waals surface area contributed by atoms with Crippen molar-refractivity contribution in [2.24, 2.45) is 5.14 Å². The van der Waals surface area contributed by atoms with E-state index in [9.17, 15) is 13.2 Å². The van der Waals surface area contributed by atoms with Gasteiger partial charge in [0.1, 0.15) is 5.75 Å². The maximum Gasteiger partial charge on any atom is 0.262 e. The molecule has 0 spiro atoms. The van der Waals surface area contributed by atoms with Crippen molar-refractivity contribution in [3.8, 4) is 5.75 Å². The van der Waals surface area contributed by atoms with Gasteiger partial charge in [-0.15, -0.1) is 0 Å². The van der Waals surface area contributed by atoms with Crippen LogP contribution in [-0.2, 0) is 14.8 Å². The van der Waals surface area contributed by atoms with Gasteiger partial charge >= 0.3 is 0 Å². The zero-order chi connectivity index (χ0) is 14.0. The summed E-state index contributed by atoms with van der Waals surface area (Å²) >= 11 is 0. The fraction of sp³-hybridized carbons (Fsp3) is 0.300. The van der Waals surface area contributed by atoms with Gasteiger partial charge in [0.25, 0.3) is 5.91 Å². The van der Waals surface area contributed by atoms with Crippen LogP contribution in [0.4, 0.5) is 17.1 Å². The molecule has 6 N–H and O–H groups in total. The summed E-state index contributed by atoms with van der Waals surface area (Å²) in [5.74, 6) is 0.00805. The lowest BCUT2D eigenvalue weighted by molar-refractivity contribution is -0.118. The van der Waals surface area contributed by atoms with Crippen molar-refractivity contribution in [1.29, 1.82) is 0 Å². The van der Waals surface area contributed by atoms with Crippen LogP contribution in [0.25, 0.3) is 0 Å². The molecule has 8 nitrogen and oxygen atoms in total. The number of hydrogen-bond acceptors (Lipinski definition) is 6. The van der Waals surface area contributed by atoms with Crippen LogP contribution in [-0.4, -0.2) is 33.2 Å². The molecule has 0 fully saturated rings. The molecule has 2 rings (SSSR count). The van der Waals surface area contributed by atoms with Crippen molar-refractivity contribution in [2.75, 3.05) is 35.3 Å². The van der Waals surface area contributed by atoms with Crippen molar-refractivity contribution >= 4 is 33.0 Å². The summed E-state index contributed by atoms with van der Waals surface area (Å²) in [4.78, 5) is 11.2. The predicted octanol–water partition coefficient (Wildman–Crippen LogP) is -0.700. The van der Waals surface area contributed by atoms with Crippen molar-refractivity contribution < 1.29 is 17.9 Å². The van der Waals surface area contributed by atoms with Crippen molar-refractivity contribution in [3.05, 3.63) is 12.1 Å². The van der Waals surface area contributed by atoms with E-state index in [-0.39, 0.29) is 24.8 Å². The van der Waals surface area contributed by atoms with Crippen LogP contribution < -0.4 is 26.2 Å². The van der Waals surface area contributed by atoms with Crippen molar-refractivity contribution in [2.45, 2.75) is 0 Å². The standard InChI is InChI=1S/C10H14N4O4S/c11-6-3-9-8(14-10(15)5-18-9)4-7(6)13-1-2-19(12,16)17/h3-4,13H,1-2,5,11H2,(H,14,15)(H2,12,16,17). The van der Waals surface area contributed by atoms with Gasteiger partial charge in [-0.25, -0.2) is 13.6 Å². The molecule has 1 aliphatic heterocycles. The molecule has 0 aliphatic carbocycles. The maximum atomic E-state index is 11.2. The van der Waals surface area contributed by atoms with E-state index < -0.39 is 10.0 Å². The Morgan fingerprint density at radius 3 is 2.84 bits per heavy atom. The minimum Gasteiger partial charge on any atom is -0.482 e. The highest BCUT2D eigenvalue weighted by Crippen LogP contribution is 2.34. The number of fused-ring (bicyclic) bond motifs is 1. The minimum absolute atomic E-state index is 0.0510. The Morgan fingerprint density at radius 1 is 1.42 bits per heavy atom. The molecule has 1 amide bonds. The zero-order valence-corrected chi connectivity index (χ0v) is 10.8.